The Morgan fingerprint density at radius 1 is 1.80 bits per heavy atom. The Morgan fingerprint density at radius 3 is 3.00 bits per heavy atom. The predicted molar refractivity (Wildman–Crippen MR) is 57.7 cm³/mol. The molecule has 1 aromatic heterocycles. The monoisotopic (exact) mass is 276 g/mol. The van der Waals surface area contributed by atoms with Crippen LogP contribution in [0.4, 0.5) is 0 Å². The molecule has 5 nitrogen and oxygen atoms in total. The number of hydrogen-bond donors (Lipinski definition) is 1. The lowest BCUT2D eigenvalue weighted by Crippen LogP contribution is -2.08. The van der Waals surface area contributed by atoms with Crippen LogP contribution in [0, 0.1) is 0 Å². The first-order valence-corrected chi connectivity index (χ1v) is 5.41. The molecule has 1 heterocycles. The quantitative estimate of drug-likeness (QED) is 0.844. The SMILES string of the molecule is CCOC(=O)c1cn([C@H](C)CO)c(Br)n1. The van der Waals surface area contributed by atoms with E-state index in [1.807, 2.05) is 6.92 Å². The van der Waals surface area contributed by atoms with E-state index in [0.29, 0.717) is 11.3 Å². The standard InChI is InChI=1S/C9H13BrN2O3/c1-3-15-8(14)7-4-12(6(2)5-13)9(10)11-7/h4,6,13H,3,5H2,1-2H3/t6-/m1/s1. The maximum Gasteiger partial charge on any atom is 0.358 e. The van der Waals surface area contributed by atoms with Crippen molar-refractivity contribution in [3.63, 3.8) is 0 Å². The highest BCUT2D eigenvalue weighted by atomic mass is 79.9. The molecule has 0 aliphatic heterocycles. The maximum absolute atomic E-state index is 11.3. The van der Waals surface area contributed by atoms with Gasteiger partial charge in [0.2, 0.25) is 0 Å². The van der Waals surface area contributed by atoms with E-state index in [1.165, 1.54) is 0 Å². The summed E-state index contributed by atoms with van der Waals surface area (Å²) in [4.78, 5) is 15.3. The van der Waals surface area contributed by atoms with Gasteiger partial charge in [0.05, 0.1) is 19.3 Å². The average Bonchev–Trinajstić information content (AvgIpc) is 2.60. The number of aliphatic hydroxyl groups is 1. The minimum atomic E-state index is -0.456. The zero-order chi connectivity index (χ0) is 11.4. The summed E-state index contributed by atoms with van der Waals surface area (Å²) in [5.74, 6) is -0.456. The fraction of sp³-hybridized carbons (Fsp3) is 0.556. The lowest BCUT2D eigenvalue weighted by molar-refractivity contribution is 0.0519. The molecule has 1 atom stereocenters. The predicted octanol–water partition coefficient (Wildman–Crippen LogP) is 1.38. The number of aliphatic hydroxyl groups excluding tert-OH is 1. The molecule has 0 aromatic carbocycles. The third-order valence-electron chi connectivity index (χ3n) is 1.91. The number of carbonyl (C=O) groups is 1. The van der Waals surface area contributed by atoms with Crippen molar-refractivity contribution in [1.29, 1.82) is 0 Å². The molecule has 15 heavy (non-hydrogen) atoms. The van der Waals surface area contributed by atoms with E-state index in [0.717, 1.165) is 0 Å². The molecule has 6 heteroatoms. The topological polar surface area (TPSA) is 64.3 Å². The summed E-state index contributed by atoms with van der Waals surface area (Å²) in [6, 6.07) is -0.130. The lowest BCUT2D eigenvalue weighted by Gasteiger charge is -2.09. The van der Waals surface area contributed by atoms with E-state index >= 15 is 0 Å². The Balaban J connectivity index is 2.90. The summed E-state index contributed by atoms with van der Waals surface area (Å²) in [6.07, 6.45) is 1.56. The fourth-order valence-corrected chi connectivity index (χ4v) is 1.71. The number of hydrogen-bond acceptors (Lipinski definition) is 4. The van der Waals surface area contributed by atoms with Gasteiger partial charge in [0.25, 0.3) is 0 Å². The normalized spacial score (nSPS) is 12.5. The first-order valence-electron chi connectivity index (χ1n) is 4.62. The van der Waals surface area contributed by atoms with Crippen LogP contribution < -0.4 is 0 Å². The number of ether oxygens (including phenoxy) is 1. The highest BCUT2D eigenvalue weighted by Gasteiger charge is 2.16. The van der Waals surface area contributed by atoms with Gasteiger partial charge in [-0.15, -0.1) is 0 Å². The molecule has 0 fully saturated rings. The number of imidazole rings is 1. The van der Waals surface area contributed by atoms with Crippen LogP contribution in [-0.2, 0) is 4.74 Å². The number of carbonyl (C=O) groups excluding carboxylic acids is 1. The molecule has 0 aliphatic carbocycles. The van der Waals surface area contributed by atoms with Crippen LogP contribution in [0.3, 0.4) is 0 Å². The molecule has 0 saturated carbocycles. The van der Waals surface area contributed by atoms with Crippen LogP contribution in [-0.4, -0.2) is 33.8 Å². The van der Waals surface area contributed by atoms with E-state index in [2.05, 4.69) is 20.9 Å². The fourth-order valence-electron chi connectivity index (χ4n) is 1.07. The largest absolute Gasteiger partial charge is 0.461 e. The smallest absolute Gasteiger partial charge is 0.358 e. The molecule has 0 saturated heterocycles. The van der Waals surface area contributed by atoms with Crippen LogP contribution in [0.25, 0.3) is 0 Å². The molecule has 0 bridgehead atoms. The van der Waals surface area contributed by atoms with Crippen molar-refractivity contribution in [3.05, 3.63) is 16.6 Å². The van der Waals surface area contributed by atoms with Crippen molar-refractivity contribution in [2.24, 2.45) is 0 Å². The highest BCUT2D eigenvalue weighted by molar-refractivity contribution is 9.10. The van der Waals surface area contributed by atoms with E-state index in [9.17, 15) is 4.79 Å². The van der Waals surface area contributed by atoms with Crippen molar-refractivity contribution in [3.8, 4) is 0 Å². The second kappa shape index (κ2) is 5.27. The Hall–Kier alpha value is -0.880. The third kappa shape index (κ3) is 2.79. The molecule has 0 radical (unpaired) electrons. The second-order valence-corrected chi connectivity index (χ2v) is 3.76. The zero-order valence-corrected chi connectivity index (χ0v) is 10.2. The van der Waals surface area contributed by atoms with Crippen LogP contribution in [0.1, 0.15) is 30.4 Å². The maximum atomic E-state index is 11.3. The van der Waals surface area contributed by atoms with Crippen molar-refractivity contribution >= 4 is 21.9 Å². The van der Waals surface area contributed by atoms with Gasteiger partial charge in [-0.3, -0.25) is 0 Å². The van der Waals surface area contributed by atoms with Crippen LogP contribution in [0.2, 0.25) is 0 Å². The van der Waals surface area contributed by atoms with Gasteiger partial charge in [-0.05, 0) is 29.8 Å². The molecule has 0 amide bonds. The van der Waals surface area contributed by atoms with Gasteiger partial charge in [0.15, 0.2) is 10.4 Å². The number of halogens is 1. The summed E-state index contributed by atoms with van der Waals surface area (Å²) >= 11 is 3.21. The number of nitrogens with zero attached hydrogens (tertiary/aromatic N) is 2. The second-order valence-electron chi connectivity index (χ2n) is 3.05. The number of rotatable bonds is 4. The van der Waals surface area contributed by atoms with Crippen molar-refractivity contribution < 1.29 is 14.6 Å². The van der Waals surface area contributed by atoms with Gasteiger partial charge >= 0.3 is 5.97 Å². The molecule has 1 rings (SSSR count). The van der Waals surface area contributed by atoms with Gasteiger partial charge in [-0.1, -0.05) is 0 Å². The van der Waals surface area contributed by atoms with E-state index < -0.39 is 5.97 Å². The van der Waals surface area contributed by atoms with Crippen LogP contribution >= 0.6 is 15.9 Å². The van der Waals surface area contributed by atoms with Gasteiger partial charge in [0, 0.05) is 6.20 Å². The van der Waals surface area contributed by atoms with Gasteiger partial charge in [0.1, 0.15) is 0 Å². The molecule has 0 spiro atoms. The summed E-state index contributed by atoms with van der Waals surface area (Å²) in [7, 11) is 0. The summed E-state index contributed by atoms with van der Waals surface area (Å²) < 4.78 is 6.99. The lowest BCUT2D eigenvalue weighted by atomic mass is 10.3. The molecule has 1 aromatic rings. The van der Waals surface area contributed by atoms with Gasteiger partial charge < -0.3 is 14.4 Å². The molecule has 0 aliphatic rings. The number of aromatic nitrogens is 2. The first-order chi connectivity index (χ1) is 7.10. The number of esters is 1. The Labute approximate surface area is 96.2 Å². The van der Waals surface area contributed by atoms with Gasteiger partial charge in [-0.25, -0.2) is 9.78 Å². The van der Waals surface area contributed by atoms with E-state index in [4.69, 9.17) is 9.84 Å². The van der Waals surface area contributed by atoms with Crippen molar-refractivity contribution in [2.45, 2.75) is 19.9 Å². The van der Waals surface area contributed by atoms with Crippen LogP contribution in [0.5, 0.6) is 0 Å². The van der Waals surface area contributed by atoms with Gasteiger partial charge in [-0.2, -0.15) is 0 Å². The molecule has 1 N–H and O–H groups in total. The first kappa shape index (κ1) is 12.2. The highest BCUT2D eigenvalue weighted by Crippen LogP contribution is 2.16. The van der Waals surface area contributed by atoms with E-state index in [-0.39, 0.29) is 18.3 Å². The Morgan fingerprint density at radius 2 is 2.47 bits per heavy atom. The van der Waals surface area contributed by atoms with Crippen LogP contribution in [0.15, 0.2) is 10.9 Å². The Kier molecular flexibility index (Phi) is 4.28. The molecule has 84 valence electrons. The zero-order valence-electron chi connectivity index (χ0n) is 8.61. The summed E-state index contributed by atoms with van der Waals surface area (Å²) in [5, 5.41) is 8.98. The molecular weight excluding hydrogens is 264 g/mol. The third-order valence-corrected chi connectivity index (χ3v) is 2.50. The summed E-state index contributed by atoms with van der Waals surface area (Å²) in [5.41, 5.74) is 0.240. The minimum absolute atomic E-state index is 0.0166. The minimum Gasteiger partial charge on any atom is -0.461 e. The Bertz CT molecular complexity index is 351. The van der Waals surface area contributed by atoms with E-state index in [1.54, 1.807) is 17.7 Å². The average molecular weight is 277 g/mol. The molecule has 0 unspecified atom stereocenters. The van der Waals surface area contributed by atoms with Crippen molar-refractivity contribution in [1.82, 2.24) is 9.55 Å². The molecular formula is C9H13BrN2O3. The van der Waals surface area contributed by atoms with Crippen molar-refractivity contribution in [2.75, 3.05) is 13.2 Å². The summed E-state index contributed by atoms with van der Waals surface area (Å²) in [6.45, 7) is 3.86.